The van der Waals surface area contributed by atoms with Crippen LogP contribution in [0.5, 0.6) is 0 Å². The number of imide groups is 1. The molecule has 0 aliphatic carbocycles. The maximum absolute atomic E-state index is 13.3. The van der Waals surface area contributed by atoms with Crippen LogP contribution >= 0.6 is 11.6 Å². The van der Waals surface area contributed by atoms with Crippen molar-refractivity contribution >= 4 is 29.1 Å². The first-order valence-corrected chi connectivity index (χ1v) is 11.6. The third-order valence-electron chi connectivity index (χ3n) is 6.43. The van der Waals surface area contributed by atoms with E-state index in [1.165, 1.54) is 16.0 Å². The van der Waals surface area contributed by atoms with Crippen LogP contribution in [0, 0.1) is 6.92 Å². The number of piperazine rings is 1. The van der Waals surface area contributed by atoms with Crippen LogP contribution < -0.4 is 4.90 Å². The van der Waals surface area contributed by atoms with Gasteiger partial charge in [0.05, 0.1) is 23.4 Å². The van der Waals surface area contributed by atoms with Gasteiger partial charge in [-0.15, -0.1) is 0 Å². The Kier molecular flexibility index (Phi) is 5.92. The first-order valence-electron chi connectivity index (χ1n) is 11.3. The molecule has 6 heteroatoms. The number of amides is 2. The van der Waals surface area contributed by atoms with Crippen LogP contribution in [-0.4, -0.2) is 47.8 Å². The number of fused-ring (bicyclic) bond motifs is 1. The summed E-state index contributed by atoms with van der Waals surface area (Å²) in [5.74, 6) is -0.451. The zero-order chi connectivity index (χ0) is 22.9. The van der Waals surface area contributed by atoms with Crippen molar-refractivity contribution in [3.8, 4) is 0 Å². The summed E-state index contributed by atoms with van der Waals surface area (Å²) in [5.41, 5.74) is 5.36. The second kappa shape index (κ2) is 9.00. The summed E-state index contributed by atoms with van der Waals surface area (Å²) in [6, 6.07) is 21.5. The third kappa shape index (κ3) is 4.39. The monoisotopic (exact) mass is 459 g/mol. The molecule has 5 nitrogen and oxygen atoms in total. The maximum atomic E-state index is 13.3. The van der Waals surface area contributed by atoms with Crippen LogP contribution in [0.4, 0.5) is 5.69 Å². The van der Waals surface area contributed by atoms with Crippen molar-refractivity contribution in [2.75, 3.05) is 31.1 Å². The quantitative estimate of drug-likeness (QED) is 0.516. The molecule has 0 saturated carbocycles. The van der Waals surface area contributed by atoms with Crippen LogP contribution in [0.3, 0.4) is 0 Å². The summed E-state index contributed by atoms with van der Waals surface area (Å²) < 4.78 is 0. The van der Waals surface area contributed by atoms with Crippen LogP contribution in [0.15, 0.2) is 66.7 Å². The summed E-state index contributed by atoms with van der Waals surface area (Å²) in [7, 11) is 0. The number of anilines is 1. The molecule has 0 radical (unpaired) electrons. The molecule has 2 aliphatic rings. The maximum Gasteiger partial charge on any atom is 0.263 e. The summed E-state index contributed by atoms with van der Waals surface area (Å²) in [4.78, 5) is 32.4. The molecule has 0 N–H and O–H groups in total. The first-order chi connectivity index (χ1) is 16.0. The Morgan fingerprint density at radius 2 is 1.52 bits per heavy atom. The van der Waals surface area contributed by atoms with Crippen molar-refractivity contribution < 1.29 is 9.59 Å². The zero-order valence-electron chi connectivity index (χ0n) is 18.6. The summed E-state index contributed by atoms with van der Waals surface area (Å²) in [6.45, 7) is 6.75. The lowest BCUT2D eigenvalue weighted by molar-refractivity contribution is 0.0642. The average molecular weight is 460 g/mol. The standard InChI is InChI=1S/C27H26ClN3O2/c1-19-4-2-5-21(16-19)17-29-12-14-30(15-13-29)24-7-3-6-23-25(24)27(33)31(26(23)32)18-20-8-10-22(28)11-9-20/h2-11,16H,12-15,17-18H2,1H3. The number of rotatable bonds is 5. The summed E-state index contributed by atoms with van der Waals surface area (Å²) >= 11 is 5.97. The van der Waals surface area contributed by atoms with Crippen molar-refractivity contribution in [2.45, 2.75) is 20.0 Å². The highest BCUT2D eigenvalue weighted by Crippen LogP contribution is 2.33. The minimum absolute atomic E-state index is 0.220. The van der Waals surface area contributed by atoms with Gasteiger partial charge in [0.1, 0.15) is 0 Å². The number of halogens is 1. The van der Waals surface area contributed by atoms with Crippen LogP contribution in [-0.2, 0) is 13.1 Å². The van der Waals surface area contributed by atoms with Crippen LogP contribution in [0.2, 0.25) is 5.02 Å². The van der Waals surface area contributed by atoms with Crippen molar-refractivity contribution in [3.63, 3.8) is 0 Å². The van der Waals surface area contributed by atoms with Crippen LogP contribution in [0.1, 0.15) is 37.4 Å². The van der Waals surface area contributed by atoms with Gasteiger partial charge in [0.25, 0.3) is 11.8 Å². The van der Waals surface area contributed by atoms with Gasteiger partial charge in [0.2, 0.25) is 0 Å². The molecule has 0 bridgehead atoms. The molecule has 3 aromatic rings. The number of hydrogen-bond donors (Lipinski definition) is 0. The molecule has 1 fully saturated rings. The van der Waals surface area contributed by atoms with E-state index in [0.717, 1.165) is 44.0 Å². The molecule has 2 amide bonds. The topological polar surface area (TPSA) is 43.9 Å². The lowest BCUT2D eigenvalue weighted by atomic mass is 10.1. The highest BCUT2D eigenvalue weighted by atomic mass is 35.5. The minimum atomic E-state index is -0.232. The van der Waals surface area contributed by atoms with Crippen molar-refractivity contribution in [3.05, 3.63) is 99.6 Å². The summed E-state index contributed by atoms with van der Waals surface area (Å²) in [6.07, 6.45) is 0. The molecule has 0 unspecified atom stereocenters. The number of benzene rings is 3. The zero-order valence-corrected chi connectivity index (χ0v) is 19.4. The number of hydrogen-bond acceptors (Lipinski definition) is 4. The van der Waals surface area contributed by atoms with Gasteiger partial charge in [-0.25, -0.2) is 0 Å². The van der Waals surface area contributed by atoms with E-state index in [2.05, 4.69) is 41.0 Å². The van der Waals surface area contributed by atoms with Crippen LogP contribution in [0.25, 0.3) is 0 Å². The molecule has 1 saturated heterocycles. The first kappa shape index (κ1) is 21.7. The fourth-order valence-corrected chi connectivity index (χ4v) is 4.84. The smallest absolute Gasteiger partial charge is 0.263 e. The Morgan fingerprint density at radius 3 is 2.24 bits per heavy atom. The molecule has 0 spiro atoms. The number of nitrogens with zero attached hydrogens (tertiary/aromatic N) is 3. The van der Waals surface area contributed by atoms with Gasteiger partial charge in [-0.05, 0) is 42.3 Å². The fraction of sp³-hybridized carbons (Fsp3) is 0.259. The number of carbonyl (C=O) groups is 2. The van der Waals surface area contributed by atoms with E-state index in [9.17, 15) is 9.59 Å². The molecule has 0 aromatic heterocycles. The van der Waals surface area contributed by atoms with Gasteiger partial charge in [-0.3, -0.25) is 19.4 Å². The Bertz CT molecular complexity index is 1200. The van der Waals surface area contributed by atoms with Gasteiger partial charge in [0, 0.05) is 37.7 Å². The van der Waals surface area contributed by atoms with Gasteiger partial charge in [-0.1, -0.05) is 59.6 Å². The predicted molar refractivity (Wildman–Crippen MR) is 131 cm³/mol. The van der Waals surface area contributed by atoms with Gasteiger partial charge < -0.3 is 4.90 Å². The van der Waals surface area contributed by atoms with Crippen molar-refractivity contribution in [1.29, 1.82) is 0 Å². The van der Waals surface area contributed by atoms with E-state index in [1.54, 1.807) is 18.2 Å². The number of carbonyl (C=O) groups excluding carboxylic acids is 2. The molecule has 33 heavy (non-hydrogen) atoms. The van der Waals surface area contributed by atoms with Gasteiger partial charge >= 0.3 is 0 Å². The lowest BCUT2D eigenvalue weighted by Crippen LogP contribution is -2.46. The molecule has 0 atom stereocenters. The van der Waals surface area contributed by atoms with E-state index in [1.807, 2.05) is 24.3 Å². The third-order valence-corrected chi connectivity index (χ3v) is 6.68. The molecule has 168 valence electrons. The second-order valence-electron chi connectivity index (χ2n) is 8.77. The van der Waals surface area contributed by atoms with Gasteiger partial charge in [0.15, 0.2) is 0 Å². The largest absolute Gasteiger partial charge is 0.368 e. The minimum Gasteiger partial charge on any atom is -0.368 e. The Labute approximate surface area is 199 Å². The van der Waals surface area contributed by atoms with E-state index < -0.39 is 0 Å². The van der Waals surface area contributed by atoms with E-state index in [4.69, 9.17) is 11.6 Å². The molecule has 3 aromatic carbocycles. The summed E-state index contributed by atoms with van der Waals surface area (Å²) in [5, 5.41) is 0.630. The number of aryl methyl sites for hydroxylation is 1. The Balaban J connectivity index is 1.31. The highest BCUT2D eigenvalue weighted by Gasteiger charge is 2.38. The predicted octanol–water partition coefficient (Wildman–Crippen LogP) is 4.77. The second-order valence-corrected chi connectivity index (χ2v) is 9.21. The van der Waals surface area contributed by atoms with E-state index in [-0.39, 0.29) is 18.4 Å². The Morgan fingerprint density at radius 1 is 0.788 bits per heavy atom. The van der Waals surface area contributed by atoms with E-state index in [0.29, 0.717) is 16.1 Å². The van der Waals surface area contributed by atoms with E-state index >= 15 is 0 Å². The average Bonchev–Trinajstić information content (AvgIpc) is 3.06. The van der Waals surface area contributed by atoms with Crippen molar-refractivity contribution in [1.82, 2.24) is 9.80 Å². The SMILES string of the molecule is Cc1cccc(CN2CCN(c3cccc4c3C(=O)N(Cc3ccc(Cl)cc3)C4=O)CC2)c1. The molecule has 2 aliphatic heterocycles. The Hall–Kier alpha value is -3.15. The molecule has 2 heterocycles. The molecular formula is C27H26ClN3O2. The highest BCUT2D eigenvalue weighted by molar-refractivity contribution is 6.30. The molecule has 5 rings (SSSR count). The van der Waals surface area contributed by atoms with Crippen molar-refractivity contribution in [2.24, 2.45) is 0 Å². The van der Waals surface area contributed by atoms with Gasteiger partial charge in [-0.2, -0.15) is 0 Å². The normalized spacial score (nSPS) is 16.4. The fourth-order valence-electron chi connectivity index (χ4n) is 4.71. The molecular weight excluding hydrogens is 434 g/mol. The lowest BCUT2D eigenvalue weighted by Gasteiger charge is -2.36.